The molecule has 0 aliphatic rings. The molecule has 8 nitrogen and oxygen atoms in total. The minimum absolute atomic E-state index is 0.0898. The van der Waals surface area contributed by atoms with E-state index in [2.05, 4.69) is 29.8 Å². The zero-order chi connectivity index (χ0) is 25.9. The Labute approximate surface area is 204 Å². The highest BCUT2D eigenvalue weighted by Gasteiger charge is 2.28. The van der Waals surface area contributed by atoms with Gasteiger partial charge in [-0.3, -0.25) is 9.59 Å². The molecule has 0 aliphatic carbocycles. The molecule has 4 N–H and O–H groups in total. The Balaban J connectivity index is 3.02. The van der Waals surface area contributed by atoms with E-state index in [1.54, 1.807) is 11.8 Å². The predicted octanol–water partition coefficient (Wildman–Crippen LogP) is 2.70. The van der Waals surface area contributed by atoms with Crippen LogP contribution in [0.15, 0.2) is 30.3 Å². The Morgan fingerprint density at radius 2 is 1.68 bits per heavy atom. The van der Waals surface area contributed by atoms with Crippen LogP contribution in [0.25, 0.3) is 0 Å². The van der Waals surface area contributed by atoms with Crippen molar-refractivity contribution in [3.05, 3.63) is 35.9 Å². The van der Waals surface area contributed by atoms with Crippen LogP contribution in [0.3, 0.4) is 0 Å². The summed E-state index contributed by atoms with van der Waals surface area (Å²) in [7, 11) is 0. The summed E-state index contributed by atoms with van der Waals surface area (Å²) in [5.74, 6) is -0.528. The zero-order valence-corrected chi connectivity index (χ0v) is 21.9. The van der Waals surface area contributed by atoms with Gasteiger partial charge in [0.1, 0.15) is 0 Å². The van der Waals surface area contributed by atoms with Crippen LogP contribution in [-0.2, 0) is 16.0 Å². The molecule has 8 heteroatoms. The van der Waals surface area contributed by atoms with Crippen LogP contribution >= 0.6 is 0 Å². The highest BCUT2D eigenvalue weighted by Crippen LogP contribution is 2.12. The summed E-state index contributed by atoms with van der Waals surface area (Å²) in [6.45, 7) is 13.8. The lowest BCUT2D eigenvalue weighted by molar-refractivity contribution is -0.126. The number of aliphatic hydroxyl groups excluding tert-OH is 1. The van der Waals surface area contributed by atoms with Gasteiger partial charge in [0.15, 0.2) is 0 Å². The van der Waals surface area contributed by atoms with Gasteiger partial charge < -0.3 is 26.0 Å². The number of carbonyl (C=O) groups is 3. The van der Waals surface area contributed by atoms with E-state index in [0.717, 1.165) is 12.0 Å². The minimum Gasteiger partial charge on any atom is -0.389 e. The van der Waals surface area contributed by atoms with Gasteiger partial charge in [0.2, 0.25) is 11.8 Å². The van der Waals surface area contributed by atoms with Crippen molar-refractivity contribution in [3.8, 4) is 0 Å². The second-order valence-electron chi connectivity index (χ2n) is 10.5. The molecule has 1 aromatic carbocycles. The maximum Gasteiger partial charge on any atom is 0.317 e. The second kappa shape index (κ2) is 13.9. The van der Waals surface area contributed by atoms with Crippen molar-refractivity contribution >= 4 is 17.8 Å². The van der Waals surface area contributed by atoms with Gasteiger partial charge in [0.05, 0.1) is 24.6 Å². The summed E-state index contributed by atoms with van der Waals surface area (Å²) in [6, 6.07) is 8.77. The van der Waals surface area contributed by atoms with Crippen LogP contribution in [0.1, 0.15) is 60.5 Å². The molecule has 0 bridgehead atoms. The molecule has 2 unspecified atom stereocenters. The summed E-state index contributed by atoms with van der Waals surface area (Å²) in [6.07, 6.45) is 0.239. The SMILES string of the molecule is CC(=O)NCC(C)C(=O)N[C@@H](Cc1ccccc1)C(O)CN(CCC(C)C)C(=O)NC(C)(C)C. The fourth-order valence-corrected chi connectivity index (χ4v) is 3.31. The third-order valence-corrected chi connectivity index (χ3v) is 5.35. The summed E-state index contributed by atoms with van der Waals surface area (Å²) in [5, 5.41) is 19.8. The molecule has 0 saturated carbocycles. The van der Waals surface area contributed by atoms with Crippen LogP contribution in [-0.4, -0.2) is 65.2 Å². The molecular weight excluding hydrogens is 432 g/mol. The molecule has 0 aliphatic heterocycles. The Hall–Kier alpha value is -2.61. The normalized spacial score (nSPS) is 14.1. The Kier molecular flexibility index (Phi) is 12.1. The summed E-state index contributed by atoms with van der Waals surface area (Å²) >= 11 is 0. The first-order valence-electron chi connectivity index (χ1n) is 12.1. The van der Waals surface area contributed by atoms with Gasteiger partial charge >= 0.3 is 6.03 Å². The van der Waals surface area contributed by atoms with Gasteiger partial charge in [0.25, 0.3) is 0 Å². The van der Waals surface area contributed by atoms with Gasteiger partial charge in [-0.2, -0.15) is 0 Å². The molecule has 0 spiro atoms. The number of benzene rings is 1. The summed E-state index contributed by atoms with van der Waals surface area (Å²) in [4.78, 5) is 38.6. The monoisotopic (exact) mass is 476 g/mol. The average molecular weight is 477 g/mol. The maximum absolute atomic E-state index is 12.9. The van der Waals surface area contributed by atoms with Crippen molar-refractivity contribution in [2.45, 2.75) is 79.0 Å². The topological polar surface area (TPSA) is 111 Å². The standard InChI is InChI=1S/C26H44N4O4/c1-18(2)13-14-30(25(34)29-26(5,6)7)17-23(32)22(15-21-11-9-8-10-12-21)28-24(33)19(3)16-27-20(4)31/h8-12,18-19,22-23,32H,13-17H2,1-7H3,(H,27,31)(H,28,33)(H,29,34)/t19?,22-,23?/m0/s1. The fraction of sp³-hybridized carbons (Fsp3) is 0.654. The van der Waals surface area contributed by atoms with Crippen LogP contribution in [0, 0.1) is 11.8 Å². The molecule has 34 heavy (non-hydrogen) atoms. The molecule has 0 radical (unpaired) electrons. The van der Waals surface area contributed by atoms with E-state index in [4.69, 9.17) is 0 Å². The smallest absolute Gasteiger partial charge is 0.317 e. The average Bonchev–Trinajstić information content (AvgIpc) is 2.73. The second-order valence-corrected chi connectivity index (χ2v) is 10.5. The predicted molar refractivity (Wildman–Crippen MR) is 135 cm³/mol. The quantitative estimate of drug-likeness (QED) is 0.372. The van der Waals surface area contributed by atoms with Crippen LogP contribution in [0.4, 0.5) is 4.79 Å². The Morgan fingerprint density at radius 1 is 1.06 bits per heavy atom. The molecule has 0 aromatic heterocycles. The van der Waals surface area contributed by atoms with E-state index in [0.29, 0.717) is 18.9 Å². The number of carbonyl (C=O) groups excluding carboxylic acids is 3. The van der Waals surface area contributed by atoms with Crippen molar-refractivity contribution in [2.75, 3.05) is 19.6 Å². The van der Waals surface area contributed by atoms with Gasteiger partial charge in [-0.05, 0) is 45.1 Å². The molecule has 1 rings (SSSR count). The molecule has 3 atom stereocenters. The number of nitrogens with zero attached hydrogens (tertiary/aromatic N) is 1. The lowest BCUT2D eigenvalue weighted by Gasteiger charge is -2.33. The van der Waals surface area contributed by atoms with Crippen LogP contribution in [0.5, 0.6) is 0 Å². The molecule has 0 saturated heterocycles. The third kappa shape index (κ3) is 12.0. The van der Waals surface area contributed by atoms with E-state index < -0.39 is 23.6 Å². The fourth-order valence-electron chi connectivity index (χ4n) is 3.31. The van der Waals surface area contributed by atoms with Crippen molar-refractivity contribution in [2.24, 2.45) is 11.8 Å². The number of rotatable bonds is 12. The number of aliphatic hydroxyl groups is 1. The van der Waals surface area contributed by atoms with Crippen LogP contribution < -0.4 is 16.0 Å². The van der Waals surface area contributed by atoms with Gasteiger partial charge in [-0.15, -0.1) is 0 Å². The highest BCUT2D eigenvalue weighted by atomic mass is 16.3. The first-order chi connectivity index (χ1) is 15.8. The largest absolute Gasteiger partial charge is 0.389 e. The number of nitrogens with one attached hydrogen (secondary N) is 3. The molecule has 0 fully saturated rings. The molecule has 1 aromatic rings. The van der Waals surface area contributed by atoms with Crippen LogP contribution in [0.2, 0.25) is 0 Å². The van der Waals surface area contributed by atoms with E-state index in [-0.39, 0.29) is 30.9 Å². The summed E-state index contributed by atoms with van der Waals surface area (Å²) in [5.41, 5.74) is 0.559. The van der Waals surface area contributed by atoms with Crippen molar-refractivity contribution in [1.29, 1.82) is 0 Å². The highest BCUT2D eigenvalue weighted by molar-refractivity contribution is 5.80. The molecule has 192 valence electrons. The maximum atomic E-state index is 12.9. The number of amides is 4. The summed E-state index contributed by atoms with van der Waals surface area (Å²) < 4.78 is 0. The lowest BCUT2D eigenvalue weighted by Crippen LogP contribution is -2.55. The lowest BCUT2D eigenvalue weighted by atomic mass is 9.99. The van der Waals surface area contributed by atoms with E-state index in [1.807, 2.05) is 51.1 Å². The molecule has 0 heterocycles. The van der Waals surface area contributed by atoms with Crippen molar-refractivity contribution in [3.63, 3.8) is 0 Å². The number of urea groups is 1. The first kappa shape index (κ1) is 29.4. The number of hydrogen-bond donors (Lipinski definition) is 4. The van der Waals surface area contributed by atoms with Gasteiger partial charge in [-0.1, -0.05) is 51.1 Å². The van der Waals surface area contributed by atoms with Crippen molar-refractivity contribution in [1.82, 2.24) is 20.9 Å². The molecule has 4 amide bonds. The van der Waals surface area contributed by atoms with Crippen molar-refractivity contribution < 1.29 is 19.5 Å². The third-order valence-electron chi connectivity index (χ3n) is 5.35. The van der Waals surface area contributed by atoms with E-state index in [1.165, 1.54) is 6.92 Å². The number of hydrogen-bond acceptors (Lipinski definition) is 4. The Morgan fingerprint density at radius 3 is 2.21 bits per heavy atom. The Bertz CT molecular complexity index is 777. The zero-order valence-electron chi connectivity index (χ0n) is 21.9. The molecular formula is C26H44N4O4. The minimum atomic E-state index is -0.977. The van der Waals surface area contributed by atoms with Gasteiger partial charge in [0, 0.05) is 25.6 Å². The first-order valence-corrected chi connectivity index (χ1v) is 12.1. The van der Waals surface area contributed by atoms with Gasteiger partial charge in [-0.25, -0.2) is 4.79 Å². The van der Waals surface area contributed by atoms with E-state index in [9.17, 15) is 19.5 Å². The van der Waals surface area contributed by atoms with E-state index >= 15 is 0 Å².